The number of carbonyl (C=O) groups excluding carboxylic acids is 1. The highest BCUT2D eigenvalue weighted by Gasteiger charge is 2.39. The first-order chi connectivity index (χ1) is 14.2. The Kier molecular flexibility index (Phi) is 4.92. The number of nitrogens with zero attached hydrogens (tertiary/aromatic N) is 2. The lowest BCUT2D eigenvalue weighted by atomic mass is 9.94. The lowest BCUT2D eigenvalue weighted by Crippen LogP contribution is -2.23. The zero-order valence-electron chi connectivity index (χ0n) is 16.9. The molecule has 0 bridgehead atoms. The van der Waals surface area contributed by atoms with Crippen LogP contribution >= 0.6 is 0 Å². The molecule has 2 aromatic carbocycles. The molecular formula is C23H22F3N3O. The Labute approximate surface area is 172 Å². The SMILES string of the molecule is CCc1ccccc1-n1nc2c(c1C(C)C)C(c1cccc(C(F)(F)F)c1)NC2=O. The Morgan fingerprint density at radius 1 is 1.13 bits per heavy atom. The smallest absolute Gasteiger partial charge is 0.340 e. The Bertz CT molecular complexity index is 1120. The number of aryl methyl sites for hydroxylation is 1. The number of hydrogen-bond acceptors (Lipinski definition) is 2. The maximum atomic E-state index is 13.2. The minimum Gasteiger partial charge on any atom is -0.340 e. The number of carbonyl (C=O) groups is 1. The zero-order valence-corrected chi connectivity index (χ0v) is 16.9. The van der Waals surface area contributed by atoms with Crippen molar-refractivity contribution in [1.82, 2.24) is 15.1 Å². The van der Waals surface area contributed by atoms with Gasteiger partial charge in [-0.25, -0.2) is 4.68 Å². The third-order valence-electron chi connectivity index (χ3n) is 5.43. The van der Waals surface area contributed by atoms with E-state index in [2.05, 4.69) is 10.4 Å². The number of hydrogen-bond donors (Lipinski definition) is 1. The minimum atomic E-state index is -4.45. The van der Waals surface area contributed by atoms with E-state index in [4.69, 9.17) is 0 Å². The van der Waals surface area contributed by atoms with E-state index in [9.17, 15) is 18.0 Å². The van der Waals surface area contributed by atoms with E-state index in [1.54, 1.807) is 10.7 Å². The normalized spacial score (nSPS) is 16.1. The van der Waals surface area contributed by atoms with Crippen LogP contribution in [0.3, 0.4) is 0 Å². The third-order valence-corrected chi connectivity index (χ3v) is 5.43. The molecule has 0 saturated heterocycles. The maximum Gasteiger partial charge on any atom is 0.416 e. The standard InChI is InChI=1S/C23H22F3N3O/c1-4-14-8-5-6-11-17(14)29-21(13(2)3)18-19(27-22(30)20(18)28-29)15-9-7-10-16(12-15)23(24,25)26/h5-13,19H,4H2,1-3H3,(H,27,30). The van der Waals surface area contributed by atoms with Crippen LogP contribution in [0.15, 0.2) is 48.5 Å². The monoisotopic (exact) mass is 413 g/mol. The Morgan fingerprint density at radius 3 is 2.53 bits per heavy atom. The van der Waals surface area contributed by atoms with Crippen molar-refractivity contribution >= 4 is 5.91 Å². The van der Waals surface area contributed by atoms with Gasteiger partial charge in [-0.1, -0.05) is 51.1 Å². The Balaban J connectivity index is 1.91. The van der Waals surface area contributed by atoms with Crippen molar-refractivity contribution in [1.29, 1.82) is 0 Å². The van der Waals surface area contributed by atoms with Crippen molar-refractivity contribution in [3.8, 4) is 5.69 Å². The van der Waals surface area contributed by atoms with Crippen molar-refractivity contribution in [3.05, 3.63) is 82.2 Å². The summed E-state index contributed by atoms with van der Waals surface area (Å²) >= 11 is 0. The number of rotatable bonds is 4. The maximum absolute atomic E-state index is 13.2. The summed E-state index contributed by atoms with van der Waals surface area (Å²) in [5.74, 6) is -0.366. The summed E-state index contributed by atoms with van der Waals surface area (Å²) < 4.78 is 41.5. The van der Waals surface area contributed by atoms with Gasteiger partial charge in [0.2, 0.25) is 0 Å². The predicted molar refractivity (Wildman–Crippen MR) is 108 cm³/mol. The van der Waals surface area contributed by atoms with Crippen molar-refractivity contribution in [2.75, 3.05) is 0 Å². The highest BCUT2D eigenvalue weighted by atomic mass is 19.4. The molecule has 0 aliphatic carbocycles. The molecule has 2 heterocycles. The first-order valence-corrected chi connectivity index (χ1v) is 9.91. The molecule has 1 N–H and O–H groups in total. The molecule has 7 heteroatoms. The summed E-state index contributed by atoms with van der Waals surface area (Å²) in [5, 5.41) is 7.42. The Hall–Kier alpha value is -3.09. The van der Waals surface area contributed by atoms with Crippen molar-refractivity contribution in [2.45, 2.75) is 45.3 Å². The van der Waals surface area contributed by atoms with Gasteiger partial charge >= 0.3 is 6.18 Å². The summed E-state index contributed by atoms with van der Waals surface area (Å²) in [6, 6.07) is 12.3. The van der Waals surface area contributed by atoms with Gasteiger partial charge in [-0.05, 0) is 41.7 Å². The molecule has 4 rings (SSSR count). The first kappa shape index (κ1) is 20.2. The molecule has 0 radical (unpaired) electrons. The van der Waals surface area contributed by atoms with Crippen LogP contribution in [-0.4, -0.2) is 15.7 Å². The largest absolute Gasteiger partial charge is 0.416 e. The highest BCUT2D eigenvalue weighted by molar-refractivity contribution is 5.98. The van der Waals surface area contributed by atoms with Gasteiger partial charge in [0.05, 0.1) is 23.0 Å². The molecule has 0 fully saturated rings. The molecule has 1 amide bonds. The van der Waals surface area contributed by atoms with Crippen LogP contribution in [0, 0.1) is 0 Å². The Morgan fingerprint density at radius 2 is 1.87 bits per heavy atom. The minimum absolute atomic E-state index is 0.00663. The highest BCUT2D eigenvalue weighted by Crippen LogP contribution is 2.39. The molecule has 1 aromatic heterocycles. The second-order valence-electron chi connectivity index (χ2n) is 7.73. The summed E-state index contributed by atoms with van der Waals surface area (Å²) in [6.45, 7) is 6.03. The molecule has 4 nitrogen and oxygen atoms in total. The van der Waals surface area contributed by atoms with Crippen LogP contribution in [0.5, 0.6) is 0 Å². The number of fused-ring (bicyclic) bond motifs is 1. The fourth-order valence-electron chi connectivity index (χ4n) is 4.07. The number of para-hydroxylation sites is 1. The van der Waals surface area contributed by atoms with Crippen LogP contribution < -0.4 is 5.32 Å². The molecule has 0 saturated carbocycles. The average molecular weight is 413 g/mol. The molecular weight excluding hydrogens is 391 g/mol. The van der Waals surface area contributed by atoms with Crippen LogP contribution in [-0.2, 0) is 12.6 Å². The van der Waals surface area contributed by atoms with E-state index in [1.807, 2.05) is 45.0 Å². The average Bonchev–Trinajstić information content (AvgIpc) is 3.25. The van der Waals surface area contributed by atoms with Crippen LogP contribution in [0.4, 0.5) is 13.2 Å². The lowest BCUT2D eigenvalue weighted by molar-refractivity contribution is -0.137. The number of benzene rings is 2. The van der Waals surface area contributed by atoms with E-state index < -0.39 is 17.8 Å². The van der Waals surface area contributed by atoms with E-state index in [0.717, 1.165) is 35.5 Å². The van der Waals surface area contributed by atoms with Crippen LogP contribution in [0.1, 0.15) is 71.2 Å². The van der Waals surface area contributed by atoms with Gasteiger partial charge in [0.25, 0.3) is 5.91 Å². The molecule has 156 valence electrons. The summed E-state index contributed by atoms with van der Waals surface area (Å²) in [5.41, 5.74) is 3.36. The van der Waals surface area contributed by atoms with Crippen LogP contribution in [0.25, 0.3) is 5.69 Å². The van der Waals surface area contributed by atoms with Gasteiger partial charge < -0.3 is 5.32 Å². The topological polar surface area (TPSA) is 46.9 Å². The molecule has 30 heavy (non-hydrogen) atoms. The van der Waals surface area contributed by atoms with Gasteiger partial charge in [-0.2, -0.15) is 18.3 Å². The molecule has 1 aliphatic heterocycles. The van der Waals surface area contributed by atoms with E-state index >= 15 is 0 Å². The zero-order chi connectivity index (χ0) is 21.6. The number of nitrogens with one attached hydrogen (secondary N) is 1. The fourth-order valence-corrected chi connectivity index (χ4v) is 4.07. The molecule has 1 unspecified atom stereocenters. The van der Waals surface area contributed by atoms with E-state index in [0.29, 0.717) is 11.1 Å². The summed E-state index contributed by atoms with van der Waals surface area (Å²) in [4.78, 5) is 12.7. The number of alkyl halides is 3. The summed E-state index contributed by atoms with van der Waals surface area (Å²) in [6.07, 6.45) is -3.66. The molecule has 1 atom stereocenters. The molecule has 3 aromatic rings. The van der Waals surface area contributed by atoms with Crippen molar-refractivity contribution in [2.24, 2.45) is 0 Å². The van der Waals surface area contributed by atoms with Gasteiger partial charge in [-0.15, -0.1) is 0 Å². The van der Waals surface area contributed by atoms with Crippen LogP contribution in [0.2, 0.25) is 0 Å². The third kappa shape index (κ3) is 3.28. The van der Waals surface area contributed by atoms with E-state index in [-0.39, 0.29) is 17.5 Å². The number of amides is 1. The number of halogens is 3. The fraction of sp³-hybridized carbons (Fsp3) is 0.304. The van der Waals surface area contributed by atoms with E-state index in [1.165, 1.54) is 6.07 Å². The first-order valence-electron chi connectivity index (χ1n) is 9.91. The van der Waals surface area contributed by atoms with Gasteiger partial charge in [0.15, 0.2) is 5.69 Å². The van der Waals surface area contributed by atoms with Gasteiger partial charge in [0.1, 0.15) is 0 Å². The second kappa shape index (κ2) is 7.31. The van der Waals surface area contributed by atoms with Gasteiger partial charge in [-0.3, -0.25) is 4.79 Å². The second-order valence-corrected chi connectivity index (χ2v) is 7.73. The molecule has 1 aliphatic rings. The molecule has 0 spiro atoms. The predicted octanol–water partition coefficient (Wildman–Crippen LogP) is 5.41. The number of aromatic nitrogens is 2. The lowest BCUT2D eigenvalue weighted by Gasteiger charge is -2.20. The van der Waals surface area contributed by atoms with Crippen molar-refractivity contribution in [3.63, 3.8) is 0 Å². The quantitative estimate of drug-likeness (QED) is 0.622. The van der Waals surface area contributed by atoms with Crippen molar-refractivity contribution < 1.29 is 18.0 Å². The summed E-state index contributed by atoms with van der Waals surface area (Å²) in [7, 11) is 0. The van der Waals surface area contributed by atoms with Gasteiger partial charge in [0, 0.05) is 5.56 Å².